The number of aromatic nitrogens is 2. The van der Waals surface area contributed by atoms with Gasteiger partial charge in [-0.25, -0.2) is 4.79 Å². The third kappa shape index (κ3) is 1.23. The van der Waals surface area contributed by atoms with Crippen molar-refractivity contribution in [2.24, 2.45) is 0 Å². The van der Waals surface area contributed by atoms with Gasteiger partial charge in [-0.05, 0) is 24.1 Å². The maximum absolute atomic E-state index is 11.1. The highest BCUT2D eigenvalue weighted by molar-refractivity contribution is 6.00. The fraction of sp³-hybridized carbons (Fsp3) is 0.167. The van der Waals surface area contributed by atoms with Gasteiger partial charge in [0.1, 0.15) is 5.52 Å². The number of benzene rings is 1. The summed E-state index contributed by atoms with van der Waals surface area (Å²) >= 11 is 0. The van der Waals surface area contributed by atoms with E-state index in [4.69, 9.17) is 4.42 Å². The van der Waals surface area contributed by atoms with Crippen LogP contribution in [0.15, 0.2) is 33.6 Å². The van der Waals surface area contributed by atoms with E-state index in [0.717, 1.165) is 17.3 Å². The number of fused-ring (bicyclic) bond motifs is 3. The van der Waals surface area contributed by atoms with Crippen molar-refractivity contribution in [1.82, 2.24) is 9.97 Å². The summed E-state index contributed by atoms with van der Waals surface area (Å²) in [6.45, 7) is 2.09. The number of hydrogen-bond acceptors (Lipinski definition) is 3. The second-order valence-corrected chi connectivity index (χ2v) is 3.72. The molecule has 80 valence electrons. The molecule has 0 aliphatic rings. The van der Waals surface area contributed by atoms with Crippen LogP contribution in [0.4, 0.5) is 0 Å². The first-order valence-corrected chi connectivity index (χ1v) is 5.18. The van der Waals surface area contributed by atoms with Crippen LogP contribution >= 0.6 is 0 Å². The van der Waals surface area contributed by atoms with Crippen LogP contribution < -0.4 is 5.76 Å². The summed E-state index contributed by atoms with van der Waals surface area (Å²) in [6, 6.07) is 5.99. The maximum atomic E-state index is 11.1. The van der Waals surface area contributed by atoms with E-state index in [9.17, 15) is 4.79 Å². The van der Waals surface area contributed by atoms with Crippen molar-refractivity contribution in [2.45, 2.75) is 13.3 Å². The Morgan fingerprint density at radius 1 is 1.44 bits per heavy atom. The number of rotatable bonds is 1. The van der Waals surface area contributed by atoms with E-state index in [0.29, 0.717) is 11.1 Å². The topological polar surface area (TPSA) is 58.9 Å². The molecule has 0 saturated carbocycles. The van der Waals surface area contributed by atoms with Gasteiger partial charge in [-0.15, -0.1) is 0 Å². The molecule has 0 saturated heterocycles. The SMILES string of the molecule is CCc1ccc2ncc3[nH]c(=O)oc3c2c1. The Hall–Kier alpha value is -2.10. The van der Waals surface area contributed by atoms with Gasteiger partial charge >= 0.3 is 5.76 Å². The summed E-state index contributed by atoms with van der Waals surface area (Å²) in [7, 11) is 0. The highest BCUT2D eigenvalue weighted by atomic mass is 16.4. The third-order valence-corrected chi connectivity index (χ3v) is 2.72. The van der Waals surface area contributed by atoms with Crippen molar-refractivity contribution in [2.75, 3.05) is 0 Å². The molecule has 2 heterocycles. The van der Waals surface area contributed by atoms with Crippen LogP contribution in [0.25, 0.3) is 22.0 Å². The summed E-state index contributed by atoms with van der Waals surface area (Å²) < 4.78 is 5.13. The van der Waals surface area contributed by atoms with Crippen molar-refractivity contribution >= 4 is 22.0 Å². The third-order valence-electron chi connectivity index (χ3n) is 2.72. The summed E-state index contributed by atoms with van der Waals surface area (Å²) in [6.07, 6.45) is 2.56. The van der Waals surface area contributed by atoms with Crippen LogP contribution in [0.1, 0.15) is 12.5 Å². The smallest absolute Gasteiger partial charge is 0.407 e. The first-order chi connectivity index (χ1) is 7.78. The molecule has 4 heteroatoms. The molecular weight excluding hydrogens is 204 g/mol. The number of hydrogen-bond donors (Lipinski definition) is 1. The van der Waals surface area contributed by atoms with Gasteiger partial charge in [0.15, 0.2) is 5.58 Å². The zero-order valence-corrected chi connectivity index (χ0v) is 8.78. The average Bonchev–Trinajstić information content (AvgIpc) is 2.69. The molecule has 0 aliphatic heterocycles. The predicted molar refractivity (Wildman–Crippen MR) is 61.5 cm³/mol. The van der Waals surface area contributed by atoms with E-state index < -0.39 is 5.76 Å². The van der Waals surface area contributed by atoms with Gasteiger partial charge in [0, 0.05) is 5.39 Å². The second-order valence-electron chi connectivity index (χ2n) is 3.72. The Balaban J connectivity index is 2.51. The highest BCUT2D eigenvalue weighted by Gasteiger charge is 2.07. The minimum atomic E-state index is -0.439. The summed E-state index contributed by atoms with van der Waals surface area (Å²) in [5.41, 5.74) is 3.27. The van der Waals surface area contributed by atoms with Gasteiger partial charge in [-0.2, -0.15) is 0 Å². The Morgan fingerprint density at radius 3 is 3.12 bits per heavy atom. The molecule has 0 radical (unpaired) electrons. The quantitative estimate of drug-likeness (QED) is 0.675. The van der Waals surface area contributed by atoms with E-state index in [1.165, 1.54) is 5.56 Å². The van der Waals surface area contributed by atoms with Crippen molar-refractivity contribution < 1.29 is 4.42 Å². The molecular formula is C12H10N2O2. The van der Waals surface area contributed by atoms with Gasteiger partial charge in [-0.3, -0.25) is 9.97 Å². The predicted octanol–water partition coefficient (Wildman–Crippen LogP) is 2.23. The number of aryl methyl sites for hydroxylation is 1. The minimum Gasteiger partial charge on any atom is -0.407 e. The van der Waals surface area contributed by atoms with Crippen molar-refractivity contribution in [3.8, 4) is 0 Å². The molecule has 3 aromatic rings. The Labute approximate surface area is 90.9 Å². The number of aromatic amines is 1. The number of nitrogens with one attached hydrogen (secondary N) is 1. The summed E-state index contributed by atoms with van der Waals surface area (Å²) in [5, 5.41) is 0.884. The van der Waals surface area contributed by atoms with Crippen LogP contribution in [-0.4, -0.2) is 9.97 Å². The number of nitrogens with zero attached hydrogens (tertiary/aromatic N) is 1. The summed E-state index contributed by atoms with van der Waals surface area (Å²) in [5.74, 6) is -0.439. The van der Waals surface area contributed by atoms with Gasteiger partial charge in [0.25, 0.3) is 0 Å². The number of pyridine rings is 1. The molecule has 1 N–H and O–H groups in total. The van der Waals surface area contributed by atoms with Crippen LogP contribution in [0.5, 0.6) is 0 Å². The molecule has 0 atom stereocenters. The molecule has 0 unspecified atom stereocenters. The standard InChI is InChI=1S/C12H10N2O2/c1-2-7-3-4-9-8(5-7)11-10(6-13-9)14-12(15)16-11/h3-6H,2H2,1H3,(H,14,15). The maximum Gasteiger partial charge on any atom is 0.417 e. The van der Waals surface area contributed by atoms with Gasteiger partial charge in [0.05, 0.1) is 11.7 Å². The van der Waals surface area contributed by atoms with E-state index >= 15 is 0 Å². The zero-order chi connectivity index (χ0) is 11.1. The van der Waals surface area contributed by atoms with Crippen LogP contribution in [0, 0.1) is 0 Å². The van der Waals surface area contributed by atoms with Crippen LogP contribution in [0.3, 0.4) is 0 Å². The van der Waals surface area contributed by atoms with Crippen LogP contribution in [-0.2, 0) is 6.42 Å². The lowest BCUT2D eigenvalue weighted by Crippen LogP contribution is -1.92. The van der Waals surface area contributed by atoms with E-state index in [1.54, 1.807) is 6.20 Å². The number of oxazole rings is 1. The van der Waals surface area contributed by atoms with E-state index in [2.05, 4.69) is 16.9 Å². The molecule has 0 spiro atoms. The first-order valence-electron chi connectivity index (χ1n) is 5.18. The summed E-state index contributed by atoms with van der Waals surface area (Å²) in [4.78, 5) is 18.0. The average molecular weight is 214 g/mol. The fourth-order valence-corrected chi connectivity index (χ4v) is 1.86. The number of H-pyrrole nitrogens is 1. The van der Waals surface area contributed by atoms with Gasteiger partial charge < -0.3 is 4.42 Å². The lowest BCUT2D eigenvalue weighted by atomic mass is 10.1. The van der Waals surface area contributed by atoms with E-state index in [-0.39, 0.29) is 0 Å². The first kappa shape index (κ1) is 9.15. The molecule has 0 fully saturated rings. The normalized spacial score (nSPS) is 11.3. The molecule has 1 aromatic carbocycles. The van der Waals surface area contributed by atoms with Crippen molar-refractivity contribution in [3.05, 3.63) is 40.5 Å². The van der Waals surface area contributed by atoms with Gasteiger partial charge in [-0.1, -0.05) is 13.0 Å². The zero-order valence-electron chi connectivity index (χ0n) is 8.78. The molecule has 3 rings (SSSR count). The Kier molecular flexibility index (Phi) is 1.83. The van der Waals surface area contributed by atoms with Crippen LogP contribution in [0.2, 0.25) is 0 Å². The van der Waals surface area contributed by atoms with E-state index in [1.807, 2.05) is 18.2 Å². The van der Waals surface area contributed by atoms with Gasteiger partial charge in [0.2, 0.25) is 0 Å². The largest absolute Gasteiger partial charge is 0.417 e. The highest BCUT2D eigenvalue weighted by Crippen LogP contribution is 2.22. The molecule has 0 bridgehead atoms. The Morgan fingerprint density at radius 2 is 2.31 bits per heavy atom. The molecule has 0 amide bonds. The minimum absolute atomic E-state index is 0.439. The molecule has 16 heavy (non-hydrogen) atoms. The van der Waals surface area contributed by atoms with Crippen molar-refractivity contribution in [3.63, 3.8) is 0 Å². The lowest BCUT2D eigenvalue weighted by molar-refractivity contribution is 0.558. The second kappa shape index (κ2) is 3.20. The Bertz CT molecular complexity index is 725. The van der Waals surface area contributed by atoms with Crippen molar-refractivity contribution in [1.29, 1.82) is 0 Å². The molecule has 4 nitrogen and oxygen atoms in total. The molecule has 0 aliphatic carbocycles. The lowest BCUT2D eigenvalue weighted by Gasteiger charge is -2.00. The monoisotopic (exact) mass is 214 g/mol. The molecule has 2 aromatic heterocycles. The fourth-order valence-electron chi connectivity index (χ4n) is 1.86.